The third-order valence-corrected chi connectivity index (χ3v) is 5.26. The van der Waals surface area contributed by atoms with Crippen molar-refractivity contribution in [2.75, 3.05) is 6.54 Å². The van der Waals surface area contributed by atoms with Crippen molar-refractivity contribution in [3.8, 4) is 5.69 Å². The molecule has 0 bridgehead atoms. The van der Waals surface area contributed by atoms with Gasteiger partial charge in [-0.3, -0.25) is 4.79 Å². The zero-order valence-electron chi connectivity index (χ0n) is 14.8. The van der Waals surface area contributed by atoms with Crippen molar-refractivity contribution in [2.24, 2.45) is 0 Å². The highest BCUT2D eigenvalue weighted by Gasteiger charge is 2.34. The Hall–Kier alpha value is -3.26. The number of tetrazole rings is 1. The fourth-order valence-electron chi connectivity index (χ4n) is 3.73. The minimum absolute atomic E-state index is 0.0925. The summed E-state index contributed by atoms with van der Waals surface area (Å²) in [4.78, 5) is 23.3. The maximum absolute atomic E-state index is 13.4. The Bertz CT molecular complexity index is 1120. The standard InChI is InChI=1S/C19H16ClN7O/c20-12-7-8-13(17(10-12)27-11-21-24-25-27)19(28)26-9-3-6-16(26)18-22-14-4-1-2-5-15(14)23-18/h1-2,4-5,7-8,10-11,16H,3,6,9H2,(H,22,23)/t16-/m1/s1. The Morgan fingerprint density at radius 1 is 1.21 bits per heavy atom. The van der Waals surface area contributed by atoms with E-state index in [-0.39, 0.29) is 11.9 Å². The van der Waals surface area contributed by atoms with E-state index in [1.807, 2.05) is 29.2 Å². The Morgan fingerprint density at radius 2 is 2.11 bits per heavy atom. The molecule has 1 atom stereocenters. The number of nitrogens with one attached hydrogen (secondary N) is 1. The number of rotatable bonds is 3. The normalized spacial score (nSPS) is 16.8. The number of fused-ring (bicyclic) bond motifs is 1. The summed E-state index contributed by atoms with van der Waals surface area (Å²) >= 11 is 6.15. The number of amides is 1. The number of carbonyl (C=O) groups is 1. The van der Waals surface area contributed by atoms with Crippen LogP contribution in [-0.4, -0.2) is 47.5 Å². The summed E-state index contributed by atoms with van der Waals surface area (Å²) in [5, 5.41) is 11.7. The Balaban J connectivity index is 1.53. The molecule has 1 amide bonds. The number of nitrogens with zero attached hydrogens (tertiary/aromatic N) is 6. The third-order valence-electron chi connectivity index (χ3n) is 5.02. The van der Waals surface area contributed by atoms with Crippen molar-refractivity contribution < 1.29 is 4.79 Å². The van der Waals surface area contributed by atoms with E-state index < -0.39 is 0 Å². The number of carbonyl (C=O) groups excluding carboxylic acids is 1. The van der Waals surface area contributed by atoms with Gasteiger partial charge in [0.1, 0.15) is 12.2 Å². The second-order valence-electron chi connectivity index (χ2n) is 6.71. The van der Waals surface area contributed by atoms with Gasteiger partial charge in [0, 0.05) is 11.6 Å². The average molecular weight is 394 g/mol. The highest BCUT2D eigenvalue weighted by molar-refractivity contribution is 6.31. The van der Waals surface area contributed by atoms with Crippen molar-refractivity contribution in [3.63, 3.8) is 0 Å². The quantitative estimate of drug-likeness (QED) is 0.577. The minimum Gasteiger partial charge on any atom is -0.340 e. The zero-order chi connectivity index (χ0) is 19.1. The molecule has 2 aromatic carbocycles. The van der Waals surface area contributed by atoms with Gasteiger partial charge in [0.05, 0.1) is 28.3 Å². The van der Waals surface area contributed by atoms with Gasteiger partial charge in [-0.2, -0.15) is 4.68 Å². The maximum Gasteiger partial charge on any atom is 0.256 e. The number of benzene rings is 2. The number of hydrogen-bond acceptors (Lipinski definition) is 5. The predicted octanol–water partition coefficient (Wildman–Crippen LogP) is 3.17. The van der Waals surface area contributed by atoms with Crippen LogP contribution >= 0.6 is 11.6 Å². The molecule has 140 valence electrons. The van der Waals surface area contributed by atoms with Crippen LogP contribution in [0.3, 0.4) is 0 Å². The van der Waals surface area contributed by atoms with Crippen LogP contribution in [0.25, 0.3) is 16.7 Å². The van der Waals surface area contributed by atoms with Gasteiger partial charge in [-0.1, -0.05) is 23.7 Å². The van der Waals surface area contributed by atoms with Gasteiger partial charge in [-0.15, -0.1) is 5.10 Å². The molecular weight excluding hydrogens is 378 g/mol. The monoisotopic (exact) mass is 393 g/mol. The van der Waals surface area contributed by atoms with Crippen molar-refractivity contribution in [1.29, 1.82) is 0 Å². The summed E-state index contributed by atoms with van der Waals surface area (Å²) in [6.07, 6.45) is 3.23. The molecule has 1 aliphatic rings. The van der Waals surface area contributed by atoms with Crippen molar-refractivity contribution in [3.05, 3.63) is 65.2 Å². The van der Waals surface area contributed by atoms with Crippen molar-refractivity contribution in [1.82, 2.24) is 35.1 Å². The zero-order valence-corrected chi connectivity index (χ0v) is 15.5. The fourth-order valence-corrected chi connectivity index (χ4v) is 3.89. The second-order valence-corrected chi connectivity index (χ2v) is 7.15. The summed E-state index contributed by atoms with van der Waals surface area (Å²) < 4.78 is 1.45. The lowest BCUT2D eigenvalue weighted by Crippen LogP contribution is -2.32. The lowest BCUT2D eigenvalue weighted by Gasteiger charge is -2.24. The summed E-state index contributed by atoms with van der Waals surface area (Å²) in [7, 11) is 0. The summed E-state index contributed by atoms with van der Waals surface area (Å²) in [6, 6.07) is 12.9. The molecule has 1 saturated heterocycles. The molecule has 1 aliphatic heterocycles. The van der Waals surface area contributed by atoms with Gasteiger partial charge < -0.3 is 9.88 Å². The lowest BCUT2D eigenvalue weighted by molar-refractivity contribution is 0.0730. The number of para-hydroxylation sites is 2. The molecule has 4 aromatic rings. The smallest absolute Gasteiger partial charge is 0.256 e. The molecule has 3 heterocycles. The van der Waals surface area contributed by atoms with Crippen LogP contribution in [0.5, 0.6) is 0 Å². The van der Waals surface area contributed by atoms with E-state index >= 15 is 0 Å². The van der Waals surface area contributed by atoms with Crippen LogP contribution < -0.4 is 0 Å². The number of halogens is 1. The second kappa shape index (κ2) is 6.72. The first-order valence-corrected chi connectivity index (χ1v) is 9.37. The van der Waals surface area contributed by atoms with Crippen molar-refractivity contribution >= 4 is 28.5 Å². The Labute approximate surface area is 165 Å². The number of H-pyrrole nitrogens is 1. The van der Waals surface area contributed by atoms with E-state index in [4.69, 9.17) is 16.6 Å². The predicted molar refractivity (Wildman–Crippen MR) is 103 cm³/mol. The van der Waals surface area contributed by atoms with Gasteiger partial charge in [0.25, 0.3) is 5.91 Å². The Kier molecular flexibility index (Phi) is 4.05. The first kappa shape index (κ1) is 16.9. The summed E-state index contributed by atoms with van der Waals surface area (Å²) in [6.45, 7) is 0.665. The number of aromatic nitrogens is 6. The number of hydrogen-bond donors (Lipinski definition) is 1. The topological polar surface area (TPSA) is 92.6 Å². The van der Waals surface area contributed by atoms with E-state index in [9.17, 15) is 4.79 Å². The largest absolute Gasteiger partial charge is 0.340 e. The van der Waals surface area contributed by atoms with E-state index in [1.54, 1.807) is 18.2 Å². The highest BCUT2D eigenvalue weighted by Crippen LogP contribution is 2.33. The minimum atomic E-state index is -0.0997. The first-order chi connectivity index (χ1) is 13.7. The first-order valence-electron chi connectivity index (χ1n) is 8.99. The van der Waals surface area contributed by atoms with Crippen LogP contribution in [0.2, 0.25) is 5.02 Å². The number of aromatic amines is 1. The molecule has 8 nitrogen and oxygen atoms in total. The SMILES string of the molecule is O=C(c1ccc(Cl)cc1-n1cnnn1)N1CCC[C@@H]1c1nc2ccccc2[nH]1. The maximum atomic E-state index is 13.4. The van der Waals surface area contributed by atoms with Crippen LogP contribution in [0.1, 0.15) is 35.1 Å². The number of imidazole rings is 1. The van der Waals surface area contributed by atoms with Gasteiger partial charge in [0.15, 0.2) is 0 Å². The van der Waals surface area contributed by atoms with E-state index in [1.165, 1.54) is 11.0 Å². The molecule has 0 spiro atoms. The summed E-state index contributed by atoms with van der Waals surface area (Å²) in [5.41, 5.74) is 2.92. The van der Waals surface area contributed by atoms with Gasteiger partial charge in [0.2, 0.25) is 0 Å². The van der Waals surface area contributed by atoms with Gasteiger partial charge in [-0.25, -0.2) is 4.98 Å². The molecule has 28 heavy (non-hydrogen) atoms. The van der Waals surface area contributed by atoms with Crippen LogP contribution in [0.4, 0.5) is 0 Å². The fraction of sp³-hybridized carbons (Fsp3) is 0.211. The molecule has 5 rings (SSSR count). The van der Waals surface area contributed by atoms with E-state index in [0.29, 0.717) is 22.8 Å². The lowest BCUT2D eigenvalue weighted by atomic mass is 10.1. The third kappa shape index (κ3) is 2.82. The molecule has 1 N–H and O–H groups in total. The molecule has 0 aliphatic carbocycles. The van der Waals surface area contributed by atoms with Crippen LogP contribution in [0.15, 0.2) is 48.8 Å². The van der Waals surface area contributed by atoms with Gasteiger partial charge in [-0.05, 0) is 53.6 Å². The molecule has 0 radical (unpaired) electrons. The highest BCUT2D eigenvalue weighted by atomic mass is 35.5. The average Bonchev–Trinajstić information content (AvgIpc) is 3.47. The van der Waals surface area contributed by atoms with Crippen LogP contribution in [0, 0.1) is 0 Å². The number of likely N-dealkylation sites (tertiary alicyclic amines) is 1. The Morgan fingerprint density at radius 3 is 2.93 bits per heavy atom. The van der Waals surface area contributed by atoms with Crippen molar-refractivity contribution in [2.45, 2.75) is 18.9 Å². The molecular formula is C19H16ClN7O. The molecule has 0 saturated carbocycles. The van der Waals surface area contributed by atoms with E-state index in [2.05, 4.69) is 20.5 Å². The van der Waals surface area contributed by atoms with Gasteiger partial charge >= 0.3 is 0 Å². The van der Waals surface area contributed by atoms with Crippen LogP contribution in [-0.2, 0) is 0 Å². The molecule has 0 unspecified atom stereocenters. The molecule has 9 heteroatoms. The van der Waals surface area contributed by atoms with E-state index in [0.717, 1.165) is 29.7 Å². The molecule has 2 aromatic heterocycles. The summed E-state index contributed by atoms with van der Waals surface area (Å²) in [5.74, 6) is 0.718. The molecule has 1 fully saturated rings.